The summed E-state index contributed by atoms with van der Waals surface area (Å²) in [7, 11) is 0. The van der Waals surface area contributed by atoms with Crippen molar-refractivity contribution in [2.75, 3.05) is 6.54 Å². The van der Waals surface area contributed by atoms with Crippen LogP contribution in [0.2, 0.25) is 0 Å². The van der Waals surface area contributed by atoms with Crippen molar-refractivity contribution in [3.8, 4) is 0 Å². The molecule has 0 aromatic heterocycles. The summed E-state index contributed by atoms with van der Waals surface area (Å²) in [6.07, 6.45) is 0.949. The highest BCUT2D eigenvalue weighted by Gasteiger charge is 2.34. The lowest BCUT2D eigenvalue weighted by Gasteiger charge is -2.04. The van der Waals surface area contributed by atoms with Gasteiger partial charge in [-0.1, -0.05) is 6.92 Å². The van der Waals surface area contributed by atoms with E-state index in [1.807, 2.05) is 0 Å². The van der Waals surface area contributed by atoms with Gasteiger partial charge in [0, 0.05) is 12.6 Å². The minimum atomic E-state index is -0.222. The predicted octanol–water partition coefficient (Wildman–Crippen LogP) is -0.718. The van der Waals surface area contributed by atoms with Gasteiger partial charge in [-0.3, -0.25) is 4.90 Å². The van der Waals surface area contributed by atoms with Crippen LogP contribution in [0.4, 0.5) is 0 Å². The second-order valence-electron chi connectivity index (χ2n) is 2.25. The Balaban J connectivity index is 2.16. The fraction of sp³-hybridized carbons (Fsp3) is 1.00. The minimum Gasteiger partial charge on any atom is -0.304 e. The Kier molecular flexibility index (Phi) is 1.51. The molecule has 0 aromatic carbocycles. The van der Waals surface area contributed by atoms with Gasteiger partial charge in [0.2, 0.25) is 0 Å². The molecule has 1 aliphatic heterocycles. The average molecular weight is 115 g/mol. The third-order valence-electron chi connectivity index (χ3n) is 1.61. The summed E-state index contributed by atoms with van der Waals surface area (Å²) in [4.78, 5) is 2.07. The topological polar surface area (TPSA) is 55.0 Å². The van der Waals surface area contributed by atoms with Crippen molar-refractivity contribution in [2.24, 2.45) is 11.5 Å². The van der Waals surface area contributed by atoms with Gasteiger partial charge in [0.15, 0.2) is 0 Å². The summed E-state index contributed by atoms with van der Waals surface area (Å²) in [5.74, 6) is 0. The highest BCUT2D eigenvalue weighted by molar-refractivity contribution is 4.88. The van der Waals surface area contributed by atoms with E-state index in [1.165, 1.54) is 6.42 Å². The molecule has 0 aromatic rings. The van der Waals surface area contributed by atoms with Gasteiger partial charge in [-0.05, 0) is 6.42 Å². The highest BCUT2D eigenvalue weighted by Crippen LogP contribution is 2.19. The molecule has 1 saturated heterocycles. The van der Waals surface area contributed by atoms with Crippen LogP contribution in [-0.4, -0.2) is 23.8 Å². The monoisotopic (exact) mass is 115 g/mol. The Morgan fingerprint density at radius 1 is 1.75 bits per heavy atom. The minimum absolute atomic E-state index is 0.222. The van der Waals surface area contributed by atoms with Gasteiger partial charge in [0.05, 0.1) is 0 Å². The van der Waals surface area contributed by atoms with Crippen molar-refractivity contribution in [3.05, 3.63) is 0 Å². The summed E-state index contributed by atoms with van der Waals surface area (Å²) < 4.78 is 0. The van der Waals surface area contributed by atoms with Crippen molar-refractivity contribution < 1.29 is 0 Å². The van der Waals surface area contributed by atoms with E-state index in [4.69, 9.17) is 11.5 Å². The van der Waals surface area contributed by atoms with Crippen molar-refractivity contribution in [1.82, 2.24) is 4.90 Å². The number of hydrogen-bond acceptors (Lipinski definition) is 3. The van der Waals surface area contributed by atoms with E-state index in [1.54, 1.807) is 0 Å². The fourth-order valence-electron chi connectivity index (χ4n) is 0.925. The summed E-state index contributed by atoms with van der Waals surface area (Å²) in [5, 5.41) is 0. The predicted molar refractivity (Wildman–Crippen MR) is 32.9 cm³/mol. The van der Waals surface area contributed by atoms with Crippen LogP contribution in [0.25, 0.3) is 0 Å². The zero-order valence-electron chi connectivity index (χ0n) is 5.17. The van der Waals surface area contributed by atoms with Crippen LogP contribution in [0.1, 0.15) is 13.3 Å². The molecule has 3 nitrogen and oxygen atoms in total. The maximum Gasteiger partial charge on any atom is 0.109 e. The van der Waals surface area contributed by atoms with Gasteiger partial charge < -0.3 is 11.5 Å². The zero-order valence-corrected chi connectivity index (χ0v) is 5.17. The number of nitrogens with zero attached hydrogens (tertiary/aromatic N) is 1. The first-order chi connectivity index (χ1) is 3.75. The fourth-order valence-corrected chi connectivity index (χ4v) is 0.925. The maximum absolute atomic E-state index is 5.37. The van der Waals surface area contributed by atoms with E-state index < -0.39 is 0 Å². The Morgan fingerprint density at radius 3 is 2.50 bits per heavy atom. The third kappa shape index (κ3) is 0.992. The van der Waals surface area contributed by atoms with E-state index in [2.05, 4.69) is 11.8 Å². The van der Waals surface area contributed by atoms with Crippen LogP contribution in [0.5, 0.6) is 0 Å². The van der Waals surface area contributed by atoms with Crippen LogP contribution in [0.3, 0.4) is 0 Å². The molecule has 1 aliphatic rings. The van der Waals surface area contributed by atoms with Crippen LogP contribution in [0.15, 0.2) is 0 Å². The van der Waals surface area contributed by atoms with Crippen LogP contribution in [0, 0.1) is 0 Å². The first-order valence-corrected chi connectivity index (χ1v) is 3.02. The molecule has 3 heteroatoms. The highest BCUT2D eigenvalue weighted by atomic mass is 15.4. The van der Waals surface area contributed by atoms with Gasteiger partial charge in [-0.25, -0.2) is 0 Å². The second kappa shape index (κ2) is 2.01. The summed E-state index contributed by atoms with van der Waals surface area (Å²) in [5.41, 5.74) is 10.7. The zero-order chi connectivity index (χ0) is 6.15. The molecule has 0 bridgehead atoms. The van der Waals surface area contributed by atoms with Crippen LogP contribution in [-0.2, 0) is 0 Å². The maximum atomic E-state index is 5.37. The smallest absolute Gasteiger partial charge is 0.109 e. The summed E-state index contributed by atoms with van der Waals surface area (Å²) in [6, 6.07) is 0.676. The number of rotatable bonds is 2. The number of nitrogens with two attached hydrogens (primary N) is 2. The van der Waals surface area contributed by atoms with Crippen molar-refractivity contribution in [1.29, 1.82) is 0 Å². The molecule has 0 amide bonds. The summed E-state index contributed by atoms with van der Waals surface area (Å²) in [6.45, 7) is 3.24. The molecule has 2 unspecified atom stereocenters. The van der Waals surface area contributed by atoms with Crippen molar-refractivity contribution in [3.63, 3.8) is 0 Å². The quantitative estimate of drug-likeness (QED) is 0.369. The molecule has 1 heterocycles. The molecule has 1 fully saturated rings. The van der Waals surface area contributed by atoms with E-state index in [0.717, 1.165) is 6.54 Å². The van der Waals surface area contributed by atoms with E-state index >= 15 is 0 Å². The SMILES string of the molecule is CCC1CN1C(N)N. The average Bonchev–Trinajstić information content (AvgIpc) is 2.42. The lowest BCUT2D eigenvalue weighted by molar-refractivity contribution is 0.385. The third-order valence-corrected chi connectivity index (χ3v) is 1.61. The normalized spacial score (nSPS) is 36.0. The lowest BCUT2D eigenvalue weighted by atomic mass is 10.4. The Labute approximate surface area is 49.6 Å². The number of hydrogen-bond donors (Lipinski definition) is 2. The molecule has 8 heavy (non-hydrogen) atoms. The molecule has 0 radical (unpaired) electrons. The Bertz CT molecular complexity index is 81.7. The van der Waals surface area contributed by atoms with Crippen molar-refractivity contribution >= 4 is 0 Å². The van der Waals surface area contributed by atoms with Crippen LogP contribution >= 0.6 is 0 Å². The Hall–Kier alpha value is -0.120. The first-order valence-electron chi connectivity index (χ1n) is 3.02. The molecule has 2 atom stereocenters. The van der Waals surface area contributed by atoms with E-state index in [-0.39, 0.29) is 6.29 Å². The van der Waals surface area contributed by atoms with E-state index in [0.29, 0.717) is 6.04 Å². The van der Waals surface area contributed by atoms with E-state index in [9.17, 15) is 0 Å². The second-order valence-corrected chi connectivity index (χ2v) is 2.25. The standard InChI is InChI=1S/C5H13N3/c1-2-4-3-8(4)5(6)7/h4-5H,2-3,6-7H2,1H3. The summed E-state index contributed by atoms with van der Waals surface area (Å²) >= 11 is 0. The van der Waals surface area contributed by atoms with Gasteiger partial charge >= 0.3 is 0 Å². The molecule has 0 aliphatic carbocycles. The van der Waals surface area contributed by atoms with Gasteiger partial charge in [-0.2, -0.15) is 0 Å². The molecule has 48 valence electrons. The molecular weight excluding hydrogens is 102 g/mol. The van der Waals surface area contributed by atoms with Gasteiger partial charge in [-0.15, -0.1) is 0 Å². The van der Waals surface area contributed by atoms with Gasteiger partial charge in [0.25, 0.3) is 0 Å². The molecular formula is C5H13N3. The molecule has 0 saturated carbocycles. The molecule has 1 rings (SSSR count). The van der Waals surface area contributed by atoms with Crippen LogP contribution < -0.4 is 11.5 Å². The largest absolute Gasteiger partial charge is 0.304 e. The molecule has 4 N–H and O–H groups in total. The lowest BCUT2D eigenvalue weighted by Crippen LogP contribution is -2.39. The van der Waals surface area contributed by atoms with Crippen molar-refractivity contribution in [2.45, 2.75) is 25.7 Å². The molecule has 0 spiro atoms. The first kappa shape index (κ1) is 6.01. The Morgan fingerprint density at radius 2 is 2.38 bits per heavy atom. The van der Waals surface area contributed by atoms with Gasteiger partial charge in [0.1, 0.15) is 6.29 Å².